The second-order valence-electron chi connectivity index (χ2n) is 4.28. The van der Waals surface area contributed by atoms with Gasteiger partial charge in [0.05, 0.1) is 22.8 Å². The third kappa shape index (κ3) is 2.07. The number of nitrogens with zero attached hydrogens (tertiary/aromatic N) is 4. The van der Waals surface area contributed by atoms with E-state index in [0.29, 0.717) is 0 Å². The van der Waals surface area contributed by atoms with Crippen molar-refractivity contribution in [1.82, 2.24) is 25.2 Å². The zero-order chi connectivity index (χ0) is 13.2. The zero-order valence-corrected chi connectivity index (χ0v) is 10.5. The van der Waals surface area contributed by atoms with Crippen LogP contribution >= 0.6 is 0 Å². The molecule has 3 rings (SSSR count). The van der Waals surface area contributed by atoms with Gasteiger partial charge in [0.2, 0.25) is 0 Å². The smallest absolute Gasteiger partial charge is 0.0890 e. The van der Waals surface area contributed by atoms with Crippen molar-refractivity contribution in [1.29, 1.82) is 0 Å². The van der Waals surface area contributed by atoms with Crippen LogP contribution in [0.5, 0.6) is 0 Å². The van der Waals surface area contributed by atoms with Crippen molar-refractivity contribution >= 4 is 11.0 Å². The van der Waals surface area contributed by atoms with E-state index >= 15 is 0 Å². The van der Waals surface area contributed by atoms with E-state index in [1.165, 1.54) is 0 Å². The quantitative estimate of drug-likeness (QED) is 0.536. The number of hydrazine groups is 1. The second kappa shape index (κ2) is 4.75. The van der Waals surface area contributed by atoms with Crippen LogP contribution in [0, 0.1) is 0 Å². The Balaban J connectivity index is 2.09. The number of nitrogens with one attached hydrogen (secondary N) is 1. The molecule has 1 atom stereocenters. The van der Waals surface area contributed by atoms with Gasteiger partial charge in [-0.1, -0.05) is 6.07 Å². The van der Waals surface area contributed by atoms with Crippen molar-refractivity contribution < 1.29 is 0 Å². The number of aromatic nitrogens is 4. The molecule has 6 heteroatoms. The van der Waals surface area contributed by atoms with Gasteiger partial charge >= 0.3 is 0 Å². The molecule has 3 aromatic rings. The molecule has 19 heavy (non-hydrogen) atoms. The summed E-state index contributed by atoms with van der Waals surface area (Å²) < 4.78 is 1.80. The molecule has 0 aliphatic rings. The molecule has 3 N–H and O–H groups in total. The average molecular weight is 254 g/mol. The van der Waals surface area contributed by atoms with E-state index in [1.807, 2.05) is 31.3 Å². The van der Waals surface area contributed by atoms with Crippen LogP contribution in [-0.2, 0) is 7.05 Å². The first-order valence-electron chi connectivity index (χ1n) is 5.94. The van der Waals surface area contributed by atoms with Gasteiger partial charge in [-0.2, -0.15) is 5.10 Å². The summed E-state index contributed by atoms with van der Waals surface area (Å²) in [5.41, 5.74) is 6.55. The molecule has 2 heterocycles. The highest BCUT2D eigenvalue weighted by Gasteiger charge is 2.16. The first-order chi connectivity index (χ1) is 9.29. The van der Waals surface area contributed by atoms with Gasteiger partial charge in [0, 0.05) is 25.6 Å². The third-order valence-corrected chi connectivity index (χ3v) is 3.15. The fourth-order valence-corrected chi connectivity index (χ4v) is 2.18. The van der Waals surface area contributed by atoms with Gasteiger partial charge in [0.1, 0.15) is 0 Å². The van der Waals surface area contributed by atoms with Crippen molar-refractivity contribution in [3.8, 4) is 0 Å². The monoisotopic (exact) mass is 254 g/mol. The molecular weight excluding hydrogens is 240 g/mol. The molecule has 0 saturated carbocycles. The van der Waals surface area contributed by atoms with Gasteiger partial charge in [0.25, 0.3) is 0 Å². The molecule has 0 radical (unpaired) electrons. The van der Waals surface area contributed by atoms with Gasteiger partial charge in [-0.15, -0.1) is 0 Å². The van der Waals surface area contributed by atoms with E-state index in [-0.39, 0.29) is 6.04 Å². The van der Waals surface area contributed by atoms with E-state index in [9.17, 15) is 0 Å². The molecule has 0 aliphatic carbocycles. The molecule has 0 aliphatic heterocycles. The molecule has 0 fully saturated rings. The number of rotatable bonds is 3. The van der Waals surface area contributed by atoms with E-state index < -0.39 is 0 Å². The van der Waals surface area contributed by atoms with Gasteiger partial charge in [-0.3, -0.25) is 20.5 Å². The fraction of sp³-hybridized carbons (Fsp3) is 0.154. The maximum Gasteiger partial charge on any atom is 0.0890 e. The van der Waals surface area contributed by atoms with E-state index in [1.54, 1.807) is 23.3 Å². The van der Waals surface area contributed by atoms with Gasteiger partial charge in [-0.25, -0.2) is 5.43 Å². The second-order valence-corrected chi connectivity index (χ2v) is 4.28. The summed E-state index contributed by atoms with van der Waals surface area (Å²) >= 11 is 0. The fourth-order valence-electron chi connectivity index (χ4n) is 2.18. The van der Waals surface area contributed by atoms with Gasteiger partial charge in [0.15, 0.2) is 0 Å². The van der Waals surface area contributed by atoms with Crippen LogP contribution in [0.1, 0.15) is 17.3 Å². The molecule has 0 saturated heterocycles. The summed E-state index contributed by atoms with van der Waals surface area (Å²) in [4.78, 5) is 8.56. The summed E-state index contributed by atoms with van der Waals surface area (Å²) in [6.45, 7) is 0. The van der Waals surface area contributed by atoms with Crippen LogP contribution in [0.4, 0.5) is 0 Å². The Morgan fingerprint density at radius 3 is 2.58 bits per heavy atom. The van der Waals surface area contributed by atoms with Crippen LogP contribution < -0.4 is 11.3 Å². The Bertz CT molecular complexity index is 705. The van der Waals surface area contributed by atoms with Crippen LogP contribution in [0.2, 0.25) is 0 Å². The SMILES string of the molecule is Cn1nccc1C(NN)c1ccc2nccnc2c1. The van der Waals surface area contributed by atoms with Crippen molar-refractivity contribution in [3.05, 3.63) is 54.1 Å². The predicted molar refractivity (Wildman–Crippen MR) is 71.9 cm³/mol. The molecule has 2 aromatic heterocycles. The maximum absolute atomic E-state index is 5.68. The largest absolute Gasteiger partial charge is 0.271 e. The highest BCUT2D eigenvalue weighted by Crippen LogP contribution is 2.22. The lowest BCUT2D eigenvalue weighted by Crippen LogP contribution is -2.30. The van der Waals surface area contributed by atoms with Gasteiger partial charge < -0.3 is 0 Å². The summed E-state index contributed by atoms with van der Waals surface area (Å²) in [7, 11) is 1.89. The van der Waals surface area contributed by atoms with Gasteiger partial charge in [-0.05, 0) is 23.8 Å². The third-order valence-electron chi connectivity index (χ3n) is 3.15. The van der Waals surface area contributed by atoms with Crippen LogP contribution in [0.25, 0.3) is 11.0 Å². The average Bonchev–Trinajstić information content (AvgIpc) is 2.86. The Labute approximate surface area is 110 Å². The Morgan fingerprint density at radius 2 is 1.89 bits per heavy atom. The number of aryl methyl sites for hydroxylation is 1. The first-order valence-corrected chi connectivity index (χ1v) is 5.94. The normalized spacial score (nSPS) is 12.7. The number of fused-ring (bicyclic) bond motifs is 1. The van der Waals surface area contributed by atoms with Crippen LogP contribution in [0.15, 0.2) is 42.9 Å². The lowest BCUT2D eigenvalue weighted by atomic mass is 10.0. The molecule has 0 amide bonds. The van der Waals surface area contributed by atoms with Crippen LogP contribution in [0.3, 0.4) is 0 Å². The molecular formula is C13H14N6. The topological polar surface area (TPSA) is 81.7 Å². The van der Waals surface area contributed by atoms with Crippen LogP contribution in [-0.4, -0.2) is 19.7 Å². The minimum absolute atomic E-state index is 0.126. The van der Waals surface area contributed by atoms with E-state index in [2.05, 4.69) is 20.5 Å². The lowest BCUT2D eigenvalue weighted by molar-refractivity contribution is 0.575. The Morgan fingerprint density at radius 1 is 1.11 bits per heavy atom. The maximum atomic E-state index is 5.68. The number of nitrogens with two attached hydrogens (primary N) is 1. The lowest BCUT2D eigenvalue weighted by Gasteiger charge is -2.16. The summed E-state index contributed by atoms with van der Waals surface area (Å²) in [5, 5.41) is 4.17. The van der Waals surface area contributed by atoms with E-state index in [4.69, 9.17) is 5.84 Å². The predicted octanol–water partition coefficient (Wildman–Crippen LogP) is 0.916. The highest BCUT2D eigenvalue weighted by molar-refractivity contribution is 5.74. The standard InChI is InChI=1S/C13H14N6/c1-19-12(4-5-17-19)13(18-14)9-2-3-10-11(8-9)16-7-6-15-10/h2-8,13,18H,14H2,1H3. The number of hydrogen-bond donors (Lipinski definition) is 2. The summed E-state index contributed by atoms with van der Waals surface area (Å²) in [6.07, 6.45) is 5.11. The van der Waals surface area contributed by atoms with Crippen molar-refractivity contribution in [2.75, 3.05) is 0 Å². The van der Waals surface area contributed by atoms with Crippen molar-refractivity contribution in [3.63, 3.8) is 0 Å². The van der Waals surface area contributed by atoms with E-state index in [0.717, 1.165) is 22.3 Å². The number of hydrogen-bond acceptors (Lipinski definition) is 5. The molecule has 96 valence electrons. The molecule has 1 unspecified atom stereocenters. The minimum atomic E-state index is -0.126. The minimum Gasteiger partial charge on any atom is -0.271 e. The molecule has 0 bridgehead atoms. The first kappa shape index (κ1) is 11.8. The zero-order valence-electron chi connectivity index (χ0n) is 10.5. The Kier molecular flexibility index (Phi) is 2.94. The Hall–Kier alpha value is -2.31. The highest BCUT2D eigenvalue weighted by atomic mass is 15.3. The van der Waals surface area contributed by atoms with Crippen molar-refractivity contribution in [2.24, 2.45) is 12.9 Å². The number of benzene rings is 1. The molecule has 0 spiro atoms. The summed E-state index contributed by atoms with van der Waals surface area (Å²) in [6, 6.07) is 7.73. The molecule has 1 aromatic carbocycles. The molecule has 6 nitrogen and oxygen atoms in total. The summed E-state index contributed by atoms with van der Waals surface area (Å²) in [5.74, 6) is 5.68. The van der Waals surface area contributed by atoms with Crippen molar-refractivity contribution in [2.45, 2.75) is 6.04 Å².